The van der Waals surface area contributed by atoms with E-state index < -0.39 is 17.6 Å². The Hall–Kier alpha value is -3.68. The monoisotopic (exact) mass is 399 g/mol. The van der Waals surface area contributed by atoms with Crippen LogP contribution in [0.1, 0.15) is 24.0 Å². The number of methoxy groups -OCH3 is 1. The highest BCUT2D eigenvalue weighted by Crippen LogP contribution is 2.31. The smallest absolute Gasteiger partial charge is 0.240 e. The first kappa shape index (κ1) is 21.6. The molecule has 29 heavy (non-hydrogen) atoms. The van der Waals surface area contributed by atoms with Gasteiger partial charge < -0.3 is 15.2 Å². The van der Waals surface area contributed by atoms with Crippen LogP contribution < -0.4 is 15.5 Å². The van der Waals surface area contributed by atoms with E-state index in [-0.39, 0.29) is 30.0 Å². The van der Waals surface area contributed by atoms with Crippen LogP contribution in [0, 0.1) is 5.82 Å². The maximum absolute atomic E-state index is 13.5. The fourth-order valence-corrected chi connectivity index (χ4v) is 2.47. The standard InChI is InChI=1S/C21H22FN3O4/c1-3-6-15-11-14(12-18(29-2)21(15)28)13-23-25-20(27)10-9-19(26)24-17-8-5-4-7-16(17)22/h3-5,7-8,11-13,28H,1,6,9-10H2,2H3,(H,24,26)(H,25,27)/b23-13+. The third-order valence-electron chi connectivity index (χ3n) is 3.89. The Labute approximate surface area is 167 Å². The Morgan fingerprint density at radius 1 is 1.24 bits per heavy atom. The van der Waals surface area contributed by atoms with Crippen LogP contribution in [0.2, 0.25) is 0 Å². The molecule has 0 radical (unpaired) electrons. The van der Waals surface area contributed by atoms with Crippen molar-refractivity contribution in [2.75, 3.05) is 12.4 Å². The molecule has 0 heterocycles. The summed E-state index contributed by atoms with van der Waals surface area (Å²) in [6, 6.07) is 9.04. The van der Waals surface area contributed by atoms with Crippen molar-refractivity contribution in [3.8, 4) is 11.5 Å². The summed E-state index contributed by atoms with van der Waals surface area (Å²) in [4.78, 5) is 23.7. The zero-order chi connectivity index (χ0) is 21.2. The first-order chi connectivity index (χ1) is 13.9. The number of benzene rings is 2. The van der Waals surface area contributed by atoms with Gasteiger partial charge in [-0.2, -0.15) is 5.10 Å². The Bertz CT molecular complexity index is 928. The number of phenols is 1. The number of para-hydroxylation sites is 1. The Balaban J connectivity index is 1.88. The van der Waals surface area contributed by atoms with Crippen molar-refractivity contribution in [2.24, 2.45) is 5.10 Å². The van der Waals surface area contributed by atoms with Crippen LogP contribution in [0.4, 0.5) is 10.1 Å². The average molecular weight is 399 g/mol. The number of anilines is 1. The van der Waals surface area contributed by atoms with Crippen LogP contribution >= 0.6 is 0 Å². The highest BCUT2D eigenvalue weighted by Gasteiger charge is 2.10. The minimum absolute atomic E-state index is 0.0226. The zero-order valence-corrected chi connectivity index (χ0v) is 15.9. The molecule has 0 bridgehead atoms. The lowest BCUT2D eigenvalue weighted by Gasteiger charge is -2.09. The number of carbonyl (C=O) groups is 2. The van der Waals surface area contributed by atoms with E-state index in [2.05, 4.69) is 22.4 Å². The van der Waals surface area contributed by atoms with Crippen molar-refractivity contribution >= 4 is 23.7 Å². The van der Waals surface area contributed by atoms with Crippen LogP contribution in [-0.2, 0) is 16.0 Å². The normalized spacial score (nSPS) is 10.6. The molecule has 0 aromatic heterocycles. The van der Waals surface area contributed by atoms with Crippen molar-refractivity contribution in [1.82, 2.24) is 5.43 Å². The van der Waals surface area contributed by atoms with Crippen molar-refractivity contribution in [3.05, 3.63) is 66.0 Å². The first-order valence-corrected chi connectivity index (χ1v) is 8.81. The molecule has 0 saturated carbocycles. The van der Waals surface area contributed by atoms with Gasteiger partial charge in [-0.25, -0.2) is 9.82 Å². The number of carbonyl (C=O) groups excluding carboxylic acids is 2. The van der Waals surface area contributed by atoms with Gasteiger partial charge >= 0.3 is 0 Å². The summed E-state index contributed by atoms with van der Waals surface area (Å²) in [7, 11) is 1.43. The second-order valence-electron chi connectivity index (χ2n) is 6.04. The highest BCUT2D eigenvalue weighted by atomic mass is 19.1. The minimum atomic E-state index is -0.546. The highest BCUT2D eigenvalue weighted by molar-refractivity contribution is 5.93. The summed E-state index contributed by atoms with van der Waals surface area (Å²) in [5, 5.41) is 16.3. The predicted octanol–water partition coefficient (Wildman–Crippen LogP) is 3.14. The van der Waals surface area contributed by atoms with Crippen molar-refractivity contribution in [2.45, 2.75) is 19.3 Å². The molecule has 0 spiro atoms. The molecular weight excluding hydrogens is 377 g/mol. The van der Waals surface area contributed by atoms with Crippen LogP contribution in [0.25, 0.3) is 0 Å². The third kappa shape index (κ3) is 6.46. The maximum Gasteiger partial charge on any atom is 0.240 e. The predicted molar refractivity (Wildman–Crippen MR) is 109 cm³/mol. The molecule has 0 aliphatic carbocycles. The van der Waals surface area contributed by atoms with Crippen molar-refractivity contribution in [1.29, 1.82) is 0 Å². The Kier molecular flexibility index (Phi) is 7.90. The molecule has 0 unspecified atom stereocenters. The van der Waals surface area contributed by atoms with E-state index in [1.165, 1.54) is 31.5 Å². The van der Waals surface area contributed by atoms with E-state index in [9.17, 15) is 19.1 Å². The maximum atomic E-state index is 13.5. The third-order valence-corrected chi connectivity index (χ3v) is 3.89. The van der Waals surface area contributed by atoms with Crippen molar-refractivity contribution in [3.63, 3.8) is 0 Å². The van der Waals surface area contributed by atoms with Gasteiger partial charge in [0, 0.05) is 18.4 Å². The molecule has 7 nitrogen and oxygen atoms in total. The summed E-state index contributed by atoms with van der Waals surface area (Å²) < 4.78 is 18.6. The van der Waals surface area contributed by atoms with Gasteiger partial charge in [-0.15, -0.1) is 6.58 Å². The number of allylic oxidation sites excluding steroid dienone is 1. The number of nitrogens with zero attached hydrogens (tertiary/aromatic N) is 1. The molecular formula is C21H22FN3O4. The summed E-state index contributed by atoms with van der Waals surface area (Å²) in [6.45, 7) is 3.64. The number of hydrazone groups is 1. The van der Waals surface area contributed by atoms with E-state index in [1.54, 1.807) is 24.3 Å². The number of ether oxygens (including phenoxy) is 1. The van der Waals surface area contributed by atoms with Gasteiger partial charge in [-0.3, -0.25) is 9.59 Å². The summed E-state index contributed by atoms with van der Waals surface area (Å²) in [5.74, 6) is -1.19. The Morgan fingerprint density at radius 3 is 2.66 bits per heavy atom. The van der Waals surface area contributed by atoms with E-state index in [0.717, 1.165) is 0 Å². The van der Waals surface area contributed by atoms with Gasteiger partial charge in [0.1, 0.15) is 5.82 Å². The molecule has 2 aromatic rings. The van der Waals surface area contributed by atoms with Gasteiger partial charge in [-0.05, 0) is 36.2 Å². The second kappa shape index (κ2) is 10.6. The molecule has 8 heteroatoms. The van der Waals surface area contributed by atoms with Crippen molar-refractivity contribution < 1.29 is 23.8 Å². The number of phenolic OH excluding ortho intramolecular Hbond substituents is 1. The second-order valence-corrected chi connectivity index (χ2v) is 6.04. The zero-order valence-electron chi connectivity index (χ0n) is 15.9. The molecule has 2 amide bonds. The van der Waals surface area contributed by atoms with Gasteiger partial charge in [0.15, 0.2) is 11.5 Å². The molecule has 0 fully saturated rings. The van der Waals surface area contributed by atoms with E-state index >= 15 is 0 Å². The molecule has 152 valence electrons. The number of aromatic hydroxyl groups is 1. The molecule has 0 saturated heterocycles. The van der Waals surface area contributed by atoms with Crippen LogP contribution in [0.5, 0.6) is 11.5 Å². The van der Waals surface area contributed by atoms with Gasteiger partial charge in [0.05, 0.1) is 19.0 Å². The fourth-order valence-electron chi connectivity index (χ4n) is 2.47. The minimum Gasteiger partial charge on any atom is -0.504 e. The van der Waals surface area contributed by atoms with E-state index in [0.29, 0.717) is 17.5 Å². The lowest BCUT2D eigenvalue weighted by Crippen LogP contribution is -2.21. The molecule has 0 atom stereocenters. The largest absolute Gasteiger partial charge is 0.504 e. The Morgan fingerprint density at radius 2 is 1.97 bits per heavy atom. The molecule has 0 aliphatic rings. The molecule has 3 N–H and O–H groups in total. The van der Waals surface area contributed by atoms with E-state index in [1.807, 2.05) is 0 Å². The number of nitrogens with one attached hydrogen (secondary N) is 2. The number of halogens is 1. The van der Waals surface area contributed by atoms with Gasteiger partial charge in [-0.1, -0.05) is 18.2 Å². The average Bonchev–Trinajstić information content (AvgIpc) is 2.70. The number of rotatable bonds is 9. The quantitative estimate of drug-likeness (QED) is 0.343. The number of hydrogen-bond donors (Lipinski definition) is 3. The summed E-state index contributed by atoms with van der Waals surface area (Å²) >= 11 is 0. The summed E-state index contributed by atoms with van der Waals surface area (Å²) in [6.07, 6.45) is 3.24. The number of amides is 2. The lowest BCUT2D eigenvalue weighted by molar-refractivity contribution is -0.124. The van der Waals surface area contributed by atoms with Crippen LogP contribution in [0.3, 0.4) is 0 Å². The summed E-state index contributed by atoms with van der Waals surface area (Å²) in [5.41, 5.74) is 3.59. The van der Waals surface area contributed by atoms with Crippen LogP contribution in [-0.4, -0.2) is 30.2 Å². The fraction of sp³-hybridized carbons (Fsp3) is 0.190. The molecule has 2 rings (SSSR count). The number of hydrogen-bond acceptors (Lipinski definition) is 5. The first-order valence-electron chi connectivity index (χ1n) is 8.81. The lowest BCUT2D eigenvalue weighted by atomic mass is 10.1. The SMILES string of the molecule is C=CCc1cc(/C=N/NC(=O)CCC(=O)Nc2ccccc2F)cc(OC)c1O. The van der Waals surface area contributed by atoms with Crippen LogP contribution in [0.15, 0.2) is 54.2 Å². The topological polar surface area (TPSA) is 100 Å². The molecule has 2 aromatic carbocycles. The van der Waals surface area contributed by atoms with E-state index in [4.69, 9.17) is 4.74 Å². The molecule has 0 aliphatic heterocycles. The van der Waals surface area contributed by atoms with Gasteiger partial charge in [0.2, 0.25) is 11.8 Å². The van der Waals surface area contributed by atoms with Gasteiger partial charge in [0.25, 0.3) is 0 Å².